The molecule has 2 aliphatic rings. The van der Waals surface area contributed by atoms with Gasteiger partial charge in [-0.1, -0.05) is 6.92 Å². The Balaban J connectivity index is 1.65. The van der Waals surface area contributed by atoms with E-state index in [9.17, 15) is 23.2 Å². The van der Waals surface area contributed by atoms with Crippen LogP contribution in [0.15, 0.2) is 23.0 Å². The number of rotatable bonds is 4. The van der Waals surface area contributed by atoms with Gasteiger partial charge in [0.2, 0.25) is 17.8 Å². The SMILES string of the molecule is CCC1CCCCN1c1nc2c(c(=O)[nH]1)C(C(=O)Nc1ccc(F)c(F)c1)CC(=O)N2. The molecule has 10 heteroatoms. The Hall–Kier alpha value is -3.30. The van der Waals surface area contributed by atoms with Gasteiger partial charge in [-0.15, -0.1) is 0 Å². The minimum Gasteiger partial charge on any atom is -0.339 e. The average Bonchev–Trinajstić information content (AvgIpc) is 2.75. The molecule has 1 aromatic carbocycles. The molecule has 0 bridgehead atoms. The van der Waals surface area contributed by atoms with Gasteiger partial charge >= 0.3 is 0 Å². The smallest absolute Gasteiger partial charge is 0.258 e. The Morgan fingerprint density at radius 3 is 2.81 bits per heavy atom. The highest BCUT2D eigenvalue weighted by atomic mass is 19.2. The standard InChI is InChI=1S/C21H23F2N5O3/c1-2-12-5-3-4-8-28(12)21-26-18-17(20(31)27-21)13(10-16(29)25-18)19(30)24-11-6-7-14(22)15(23)9-11/h6-7,9,12-13H,2-5,8,10H2,1H3,(H,24,30)(H2,25,26,27,29,31). The fraction of sp³-hybridized carbons (Fsp3) is 0.429. The van der Waals surface area contributed by atoms with Crippen LogP contribution in [0.25, 0.3) is 0 Å². The van der Waals surface area contributed by atoms with Crippen LogP contribution >= 0.6 is 0 Å². The van der Waals surface area contributed by atoms with Gasteiger partial charge in [0.15, 0.2) is 11.6 Å². The quantitative estimate of drug-likeness (QED) is 0.690. The van der Waals surface area contributed by atoms with Crippen molar-refractivity contribution in [3.63, 3.8) is 0 Å². The second-order valence-electron chi connectivity index (χ2n) is 7.83. The van der Waals surface area contributed by atoms with Gasteiger partial charge in [-0.2, -0.15) is 4.98 Å². The molecule has 2 atom stereocenters. The Labute approximate surface area is 177 Å². The molecule has 164 valence electrons. The van der Waals surface area contributed by atoms with E-state index in [1.165, 1.54) is 6.07 Å². The van der Waals surface area contributed by atoms with Crippen LogP contribution in [0.4, 0.5) is 26.2 Å². The normalized spacial score (nSPS) is 20.7. The highest BCUT2D eigenvalue weighted by Gasteiger charge is 2.36. The lowest BCUT2D eigenvalue weighted by Gasteiger charge is -2.36. The van der Waals surface area contributed by atoms with E-state index in [-0.39, 0.29) is 29.5 Å². The lowest BCUT2D eigenvalue weighted by atomic mass is 9.92. The number of amides is 2. The number of nitrogens with zero attached hydrogens (tertiary/aromatic N) is 2. The van der Waals surface area contributed by atoms with Crippen molar-refractivity contribution in [3.8, 4) is 0 Å². The van der Waals surface area contributed by atoms with Gasteiger partial charge in [0.25, 0.3) is 5.56 Å². The van der Waals surface area contributed by atoms with Gasteiger partial charge in [0.1, 0.15) is 5.82 Å². The first-order valence-corrected chi connectivity index (χ1v) is 10.3. The number of aromatic nitrogens is 2. The number of hydrogen-bond acceptors (Lipinski definition) is 5. The van der Waals surface area contributed by atoms with Crippen molar-refractivity contribution in [1.82, 2.24) is 9.97 Å². The molecule has 1 aromatic heterocycles. The molecule has 31 heavy (non-hydrogen) atoms. The van der Waals surface area contributed by atoms with Crippen molar-refractivity contribution in [2.45, 2.75) is 51.0 Å². The largest absolute Gasteiger partial charge is 0.339 e. The molecule has 1 fully saturated rings. The molecular weight excluding hydrogens is 408 g/mol. The van der Waals surface area contributed by atoms with Crippen LogP contribution in [0, 0.1) is 11.6 Å². The van der Waals surface area contributed by atoms with Crippen LogP contribution in [0.2, 0.25) is 0 Å². The van der Waals surface area contributed by atoms with Crippen LogP contribution < -0.4 is 21.1 Å². The lowest BCUT2D eigenvalue weighted by Crippen LogP contribution is -2.43. The molecule has 0 saturated carbocycles. The molecule has 0 spiro atoms. The minimum atomic E-state index is -1.12. The van der Waals surface area contributed by atoms with Crippen LogP contribution in [-0.2, 0) is 9.59 Å². The molecule has 3 heterocycles. The summed E-state index contributed by atoms with van der Waals surface area (Å²) in [5, 5.41) is 5.04. The van der Waals surface area contributed by atoms with E-state index in [4.69, 9.17) is 0 Å². The molecule has 2 amide bonds. The highest BCUT2D eigenvalue weighted by molar-refractivity contribution is 6.04. The monoisotopic (exact) mass is 431 g/mol. The van der Waals surface area contributed by atoms with E-state index < -0.39 is 34.9 Å². The molecule has 0 aliphatic carbocycles. The maximum absolute atomic E-state index is 13.5. The molecule has 8 nitrogen and oxygen atoms in total. The lowest BCUT2D eigenvalue weighted by molar-refractivity contribution is -0.123. The number of piperidine rings is 1. The predicted octanol–water partition coefficient (Wildman–Crippen LogP) is 2.88. The second-order valence-corrected chi connectivity index (χ2v) is 7.83. The number of halogens is 2. The average molecular weight is 431 g/mol. The van der Waals surface area contributed by atoms with Crippen molar-refractivity contribution in [1.29, 1.82) is 0 Å². The number of hydrogen-bond donors (Lipinski definition) is 3. The molecular formula is C21H23F2N5O3. The van der Waals surface area contributed by atoms with Crippen molar-refractivity contribution < 1.29 is 18.4 Å². The summed E-state index contributed by atoms with van der Waals surface area (Å²) in [6, 6.07) is 3.16. The van der Waals surface area contributed by atoms with Gasteiger partial charge in [0.05, 0.1) is 11.5 Å². The molecule has 4 rings (SSSR count). The van der Waals surface area contributed by atoms with Gasteiger partial charge < -0.3 is 15.5 Å². The molecule has 3 N–H and O–H groups in total. The molecule has 1 saturated heterocycles. The van der Waals surface area contributed by atoms with Gasteiger partial charge in [-0.05, 0) is 37.8 Å². The maximum Gasteiger partial charge on any atom is 0.258 e. The number of carbonyl (C=O) groups excluding carboxylic acids is 2. The van der Waals surface area contributed by atoms with Crippen LogP contribution in [-0.4, -0.2) is 34.4 Å². The summed E-state index contributed by atoms with van der Waals surface area (Å²) in [6.07, 6.45) is 3.71. The van der Waals surface area contributed by atoms with Crippen LogP contribution in [0.1, 0.15) is 50.5 Å². The van der Waals surface area contributed by atoms with Crippen molar-refractivity contribution in [2.24, 2.45) is 0 Å². The predicted molar refractivity (Wildman–Crippen MR) is 111 cm³/mol. The third-order valence-corrected chi connectivity index (χ3v) is 5.81. The Kier molecular flexibility index (Phi) is 5.71. The Bertz CT molecular complexity index is 1090. The molecule has 2 unspecified atom stereocenters. The zero-order chi connectivity index (χ0) is 22.1. The Morgan fingerprint density at radius 2 is 2.06 bits per heavy atom. The first-order chi connectivity index (χ1) is 14.9. The fourth-order valence-corrected chi connectivity index (χ4v) is 4.23. The number of anilines is 3. The van der Waals surface area contributed by atoms with Gasteiger partial charge in [-0.25, -0.2) is 8.78 Å². The van der Waals surface area contributed by atoms with E-state index >= 15 is 0 Å². The van der Waals surface area contributed by atoms with Crippen molar-refractivity contribution >= 4 is 29.3 Å². The van der Waals surface area contributed by atoms with Crippen LogP contribution in [0.5, 0.6) is 0 Å². The third kappa shape index (κ3) is 4.14. The summed E-state index contributed by atoms with van der Waals surface area (Å²) in [6.45, 7) is 2.81. The summed E-state index contributed by atoms with van der Waals surface area (Å²) in [4.78, 5) is 47.2. The van der Waals surface area contributed by atoms with E-state index in [1.807, 2.05) is 4.90 Å². The van der Waals surface area contributed by atoms with Crippen LogP contribution in [0.3, 0.4) is 0 Å². The number of fused-ring (bicyclic) bond motifs is 1. The summed E-state index contributed by atoms with van der Waals surface area (Å²) in [5.74, 6) is -3.96. The highest BCUT2D eigenvalue weighted by Crippen LogP contribution is 2.31. The molecule has 2 aliphatic heterocycles. The third-order valence-electron chi connectivity index (χ3n) is 5.81. The molecule has 2 aromatic rings. The number of aromatic amines is 1. The summed E-state index contributed by atoms with van der Waals surface area (Å²) in [7, 11) is 0. The van der Waals surface area contributed by atoms with Gasteiger partial charge in [-0.3, -0.25) is 19.4 Å². The summed E-state index contributed by atoms with van der Waals surface area (Å²) in [5.41, 5.74) is -0.434. The number of H-pyrrole nitrogens is 1. The fourth-order valence-electron chi connectivity index (χ4n) is 4.23. The van der Waals surface area contributed by atoms with E-state index in [1.54, 1.807) is 0 Å². The van der Waals surface area contributed by atoms with Gasteiger partial charge in [0, 0.05) is 30.8 Å². The summed E-state index contributed by atoms with van der Waals surface area (Å²) < 4.78 is 26.6. The van der Waals surface area contributed by atoms with E-state index in [0.29, 0.717) is 5.95 Å². The summed E-state index contributed by atoms with van der Waals surface area (Å²) >= 11 is 0. The topological polar surface area (TPSA) is 107 Å². The van der Waals surface area contributed by atoms with E-state index in [2.05, 4.69) is 27.5 Å². The first kappa shape index (κ1) is 21.0. The number of carbonyl (C=O) groups is 2. The zero-order valence-corrected chi connectivity index (χ0v) is 17.0. The zero-order valence-electron chi connectivity index (χ0n) is 17.0. The van der Waals surface area contributed by atoms with Crippen molar-refractivity contribution in [2.75, 3.05) is 22.1 Å². The van der Waals surface area contributed by atoms with E-state index in [0.717, 1.165) is 44.4 Å². The first-order valence-electron chi connectivity index (χ1n) is 10.3. The molecule has 0 radical (unpaired) electrons. The maximum atomic E-state index is 13.5. The number of nitrogens with one attached hydrogen (secondary N) is 3. The minimum absolute atomic E-state index is 0.0246. The Morgan fingerprint density at radius 1 is 1.26 bits per heavy atom. The van der Waals surface area contributed by atoms with Crippen molar-refractivity contribution in [3.05, 3.63) is 45.8 Å². The number of benzene rings is 1. The second kappa shape index (κ2) is 8.44.